The topological polar surface area (TPSA) is 32.3 Å². The molecule has 3 heteroatoms. The molecule has 0 bridgehead atoms. The first-order valence-corrected chi connectivity index (χ1v) is 7.97. The second-order valence-electron chi connectivity index (χ2n) is 6.11. The van der Waals surface area contributed by atoms with E-state index >= 15 is 0 Å². The van der Waals surface area contributed by atoms with E-state index < -0.39 is 0 Å². The molecule has 1 saturated carbocycles. The van der Waals surface area contributed by atoms with Crippen LogP contribution in [0.1, 0.15) is 44.9 Å². The fourth-order valence-corrected chi connectivity index (χ4v) is 3.49. The van der Waals surface area contributed by atoms with Crippen LogP contribution in [0.4, 0.5) is 11.4 Å². The number of anilines is 2. The third-order valence-corrected chi connectivity index (χ3v) is 4.57. The van der Waals surface area contributed by atoms with Crippen LogP contribution in [-0.4, -0.2) is 19.0 Å². The molecule has 1 aliphatic heterocycles. The summed E-state index contributed by atoms with van der Waals surface area (Å²) in [5.41, 5.74) is 2.17. The fourth-order valence-electron chi connectivity index (χ4n) is 3.49. The third kappa shape index (κ3) is 3.14. The van der Waals surface area contributed by atoms with E-state index in [0.29, 0.717) is 12.3 Å². The molecule has 108 valence electrons. The summed E-state index contributed by atoms with van der Waals surface area (Å²) in [5, 5.41) is 3.13. The molecule has 0 unspecified atom stereocenters. The highest BCUT2D eigenvalue weighted by atomic mass is 16.1. The molecule has 1 aromatic carbocycles. The summed E-state index contributed by atoms with van der Waals surface area (Å²) in [6.07, 6.45) is 8.23. The van der Waals surface area contributed by atoms with Gasteiger partial charge in [-0.05, 0) is 43.7 Å². The molecular weight excluding hydrogens is 248 g/mol. The third-order valence-electron chi connectivity index (χ3n) is 4.57. The van der Waals surface area contributed by atoms with E-state index in [0.717, 1.165) is 18.8 Å². The molecule has 0 atom stereocenters. The molecule has 1 saturated heterocycles. The molecule has 1 heterocycles. The van der Waals surface area contributed by atoms with E-state index in [1.807, 2.05) is 12.1 Å². The highest BCUT2D eigenvalue weighted by molar-refractivity contribution is 5.94. The lowest BCUT2D eigenvalue weighted by atomic mass is 10.0. The Bertz CT molecular complexity index is 460. The lowest BCUT2D eigenvalue weighted by molar-refractivity contribution is -0.117. The van der Waals surface area contributed by atoms with Crippen molar-refractivity contribution in [1.82, 2.24) is 0 Å². The van der Waals surface area contributed by atoms with Gasteiger partial charge in [0.2, 0.25) is 5.91 Å². The van der Waals surface area contributed by atoms with Crippen molar-refractivity contribution in [2.24, 2.45) is 5.92 Å². The maximum atomic E-state index is 12.2. The summed E-state index contributed by atoms with van der Waals surface area (Å²) in [7, 11) is 0. The molecule has 3 rings (SSSR count). The molecule has 1 amide bonds. The van der Waals surface area contributed by atoms with Crippen molar-refractivity contribution >= 4 is 17.3 Å². The zero-order valence-corrected chi connectivity index (χ0v) is 12.1. The van der Waals surface area contributed by atoms with Crippen molar-refractivity contribution in [2.75, 3.05) is 23.3 Å². The summed E-state index contributed by atoms with van der Waals surface area (Å²) < 4.78 is 0. The van der Waals surface area contributed by atoms with Gasteiger partial charge < -0.3 is 10.2 Å². The molecule has 1 N–H and O–H groups in total. The normalized spacial score (nSPS) is 19.5. The number of nitrogens with zero attached hydrogens (tertiary/aromatic N) is 1. The summed E-state index contributed by atoms with van der Waals surface area (Å²) in [6, 6.07) is 8.21. The van der Waals surface area contributed by atoms with Gasteiger partial charge in [0.05, 0.1) is 11.4 Å². The number of hydrogen-bond acceptors (Lipinski definition) is 2. The van der Waals surface area contributed by atoms with E-state index in [1.54, 1.807) is 0 Å². The summed E-state index contributed by atoms with van der Waals surface area (Å²) in [5.74, 6) is 0.789. The number of benzene rings is 1. The van der Waals surface area contributed by atoms with Crippen LogP contribution >= 0.6 is 0 Å². The predicted molar refractivity (Wildman–Crippen MR) is 83.1 cm³/mol. The number of carbonyl (C=O) groups is 1. The van der Waals surface area contributed by atoms with Gasteiger partial charge in [0, 0.05) is 19.5 Å². The van der Waals surface area contributed by atoms with Crippen LogP contribution in [0.2, 0.25) is 0 Å². The Morgan fingerprint density at radius 2 is 1.80 bits per heavy atom. The highest BCUT2D eigenvalue weighted by Gasteiger charge is 2.20. The minimum atomic E-state index is 0.184. The van der Waals surface area contributed by atoms with Gasteiger partial charge >= 0.3 is 0 Å². The van der Waals surface area contributed by atoms with Crippen molar-refractivity contribution in [2.45, 2.75) is 44.9 Å². The number of hydrogen-bond donors (Lipinski definition) is 1. The second-order valence-corrected chi connectivity index (χ2v) is 6.11. The smallest absolute Gasteiger partial charge is 0.224 e. The molecule has 0 spiro atoms. The fraction of sp³-hybridized carbons (Fsp3) is 0.588. The Morgan fingerprint density at radius 1 is 1.10 bits per heavy atom. The molecule has 1 aromatic rings. The summed E-state index contributed by atoms with van der Waals surface area (Å²) in [6.45, 7) is 2.21. The van der Waals surface area contributed by atoms with Crippen molar-refractivity contribution in [3.63, 3.8) is 0 Å². The largest absolute Gasteiger partial charge is 0.370 e. The highest BCUT2D eigenvalue weighted by Crippen LogP contribution is 2.31. The zero-order chi connectivity index (χ0) is 13.8. The van der Waals surface area contributed by atoms with E-state index in [1.165, 1.54) is 44.2 Å². The van der Waals surface area contributed by atoms with Gasteiger partial charge in [0.1, 0.15) is 0 Å². The Balaban J connectivity index is 1.65. The van der Waals surface area contributed by atoms with Crippen LogP contribution in [0.25, 0.3) is 0 Å². The number of rotatable bonds is 4. The molecular formula is C17H24N2O. The predicted octanol–water partition coefficient (Wildman–Crippen LogP) is 3.81. The van der Waals surface area contributed by atoms with E-state index in [4.69, 9.17) is 0 Å². The summed E-state index contributed by atoms with van der Waals surface area (Å²) >= 11 is 0. The lowest BCUT2D eigenvalue weighted by Gasteiger charge is -2.21. The number of para-hydroxylation sites is 2. The lowest BCUT2D eigenvalue weighted by Crippen LogP contribution is -2.21. The van der Waals surface area contributed by atoms with Crippen LogP contribution in [0, 0.1) is 5.92 Å². The quantitative estimate of drug-likeness (QED) is 0.904. The van der Waals surface area contributed by atoms with Gasteiger partial charge in [0.15, 0.2) is 0 Å². The number of amides is 1. The molecule has 1 aliphatic carbocycles. The maximum Gasteiger partial charge on any atom is 0.224 e. The standard InChI is InChI=1S/C17H24N2O/c20-17(13-14-7-1-2-8-14)18-15-9-3-4-10-16(15)19-11-5-6-12-19/h3-4,9-10,14H,1-2,5-8,11-13H2,(H,18,20). The SMILES string of the molecule is O=C(CC1CCCC1)Nc1ccccc1N1CCCC1. The van der Waals surface area contributed by atoms with Crippen LogP contribution in [0.5, 0.6) is 0 Å². The van der Waals surface area contributed by atoms with Crippen LogP contribution in [0.15, 0.2) is 24.3 Å². The molecule has 2 aliphatic rings. The van der Waals surface area contributed by atoms with Gasteiger partial charge in [-0.1, -0.05) is 25.0 Å². The molecule has 2 fully saturated rings. The second kappa shape index (κ2) is 6.29. The van der Waals surface area contributed by atoms with E-state index in [-0.39, 0.29) is 5.91 Å². The minimum absolute atomic E-state index is 0.184. The molecule has 3 nitrogen and oxygen atoms in total. The minimum Gasteiger partial charge on any atom is -0.370 e. The molecule has 0 aromatic heterocycles. The Hall–Kier alpha value is -1.51. The number of carbonyl (C=O) groups excluding carboxylic acids is 1. The monoisotopic (exact) mass is 272 g/mol. The van der Waals surface area contributed by atoms with Crippen molar-refractivity contribution in [3.8, 4) is 0 Å². The van der Waals surface area contributed by atoms with Crippen LogP contribution < -0.4 is 10.2 Å². The number of nitrogens with one attached hydrogen (secondary N) is 1. The average Bonchev–Trinajstić information content (AvgIpc) is 3.11. The average molecular weight is 272 g/mol. The van der Waals surface area contributed by atoms with Crippen LogP contribution in [0.3, 0.4) is 0 Å². The van der Waals surface area contributed by atoms with Gasteiger partial charge in [-0.25, -0.2) is 0 Å². The van der Waals surface area contributed by atoms with Gasteiger partial charge in [-0.15, -0.1) is 0 Å². The molecule has 0 radical (unpaired) electrons. The van der Waals surface area contributed by atoms with Crippen LogP contribution in [-0.2, 0) is 4.79 Å². The first kappa shape index (κ1) is 13.5. The van der Waals surface area contributed by atoms with E-state index in [2.05, 4.69) is 22.3 Å². The van der Waals surface area contributed by atoms with E-state index in [9.17, 15) is 4.79 Å². The maximum absolute atomic E-state index is 12.2. The van der Waals surface area contributed by atoms with Crippen molar-refractivity contribution < 1.29 is 4.79 Å². The Morgan fingerprint density at radius 3 is 2.55 bits per heavy atom. The van der Waals surface area contributed by atoms with Crippen molar-refractivity contribution in [1.29, 1.82) is 0 Å². The Kier molecular flexibility index (Phi) is 4.24. The first-order valence-electron chi connectivity index (χ1n) is 7.97. The molecule has 20 heavy (non-hydrogen) atoms. The first-order chi connectivity index (χ1) is 9.83. The Labute approximate surface area is 121 Å². The summed E-state index contributed by atoms with van der Waals surface area (Å²) in [4.78, 5) is 14.6. The van der Waals surface area contributed by atoms with Gasteiger partial charge in [0.25, 0.3) is 0 Å². The van der Waals surface area contributed by atoms with Gasteiger partial charge in [-0.3, -0.25) is 4.79 Å². The zero-order valence-electron chi connectivity index (χ0n) is 12.1. The van der Waals surface area contributed by atoms with Crippen molar-refractivity contribution in [3.05, 3.63) is 24.3 Å². The van der Waals surface area contributed by atoms with Gasteiger partial charge in [-0.2, -0.15) is 0 Å².